The van der Waals surface area contributed by atoms with E-state index in [0.717, 1.165) is 11.1 Å². The predicted molar refractivity (Wildman–Crippen MR) is 116 cm³/mol. The van der Waals surface area contributed by atoms with Gasteiger partial charge in [0.15, 0.2) is 8.32 Å². The molecule has 0 aliphatic rings. The molecule has 0 fully saturated rings. The van der Waals surface area contributed by atoms with Gasteiger partial charge in [-0.15, -0.1) is 22.9 Å². The van der Waals surface area contributed by atoms with E-state index in [9.17, 15) is 4.79 Å². The minimum Gasteiger partial charge on any atom is -0.413 e. The van der Waals surface area contributed by atoms with Crippen molar-refractivity contribution in [3.63, 3.8) is 0 Å². The van der Waals surface area contributed by atoms with Crippen LogP contribution in [0, 0.1) is 0 Å². The van der Waals surface area contributed by atoms with Crippen LogP contribution in [0.1, 0.15) is 48.5 Å². The van der Waals surface area contributed by atoms with E-state index in [1.807, 2.05) is 31.2 Å². The molecule has 0 saturated carbocycles. The van der Waals surface area contributed by atoms with Crippen molar-refractivity contribution in [2.75, 3.05) is 5.88 Å². The van der Waals surface area contributed by atoms with Gasteiger partial charge in [0.05, 0.1) is 23.9 Å². The van der Waals surface area contributed by atoms with E-state index >= 15 is 0 Å². The fourth-order valence-electron chi connectivity index (χ4n) is 2.47. The van der Waals surface area contributed by atoms with E-state index in [1.54, 1.807) is 11.7 Å². The summed E-state index contributed by atoms with van der Waals surface area (Å²) in [4.78, 5) is 17.1. The van der Waals surface area contributed by atoms with Gasteiger partial charge in [-0.25, -0.2) is 0 Å². The van der Waals surface area contributed by atoms with Gasteiger partial charge in [0.25, 0.3) is 5.91 Å². The zero-order valence-electron chi connectivity index (χ0n) is 16.9. The number of halogens is 1. The number of carbonyl (C=O) groups is 1. The second-order valence-electron chi connectivity index (χ2n) is 8.49. The number of thiazole rings is 1. The molecule has 2 aromatic rings. The summed E-state index contributed by atoms with van der Waals surface area (Å²) in [7, 11) is -1.88. The number of amides is 1. The summed E-state index contributed by atoms with van der Waals surface area (Å²) in [6.45, 7) is 13.6. The zero-order chi connectivity index (χ0) is 20.3. The number of aromatic nitrogens is 1. The Labute approximate surface area is 172 Å². The van der Waals surface area contributed by atoms with Gasteiger partial charge < -0.3 is 9.74 Å². The Bertz CT molecular complexity index is 775. The van der Waals surface area contributed by atoms with Crippen LogP contribution in [0.3, 0.4) is 0 Å². The van der Waals surface area contributed by atoms with E-state index in [4.69, 9.17) is 16.0 Å². The topological polar surface area (TPSA) is 51.2 Å². The molecule has 0 radical (unpaired) electrons. The van der Waals surface area contributed by atoms with Crippen LogP contribution in [0.4, 0.5) is 0 Å². The van der Waals surface area contributed by atoms with E-state index in [2.05, 4.69) is 44.2 Å². The molecule has 1 heterocycles. The van der Waals surface area contributed by atoms with Crippen LogP contribution in [-0.4, -0.2) is 25.1 Å². The van der Waals surface area contributed by atoms with Crippen molar-refractivity contribution in [3.8, 4) is 0 Å². The summed E-state index contributed by atoms with van der Waals surface area (Å²) in [6.07, 6.45) is 1.57. The molecule has 1 unspecified atom stereocenters. The first-order valence-electron chi connectivity index (χ1n) is 8.99. The summed E-state index contributed by atoms with van der Waals surface area (Å²) in [5.41, 5.74) is 2.98. The molecule has 0 spiro atoms. The van der Waals surface area contributed by atoms with E-state index in [1.165, 1.54) is 11.3 Å². The molecule has 7 heteroatoms. The normalized spacial score (nSPS) is 14.6. The Balaban J connectivity index is 2.27. The standard InChI is InChI=1S/C20H29ClN2O2SSi/c1-19(2,3)27(5,6)25-12-15-9-7-8-10-16(15)20(4,13-21)23-18(24)17-11-22-14-26-17/h7-11,14H,12-13H2,1-6H3,(H,23,24). The van der Waals surface area contributed by atoms with Crippen LogP contribution in [0.15, 0.2) is 36.0 Å². The van der Waals surface area contributed by atoms with Crippen LogP contribution >= 0.6 is 22.9 Å². The van der Waals surface area contributed by atoms with Crippen molar-refractivity contribution in [2.45, 2.75) is 58.0 Å². The van der Waals surface area contributed by atoms with Gasteiger partial charge >= 0.3 is 0 Å². The minimum atomic E-state index is -1.88. The molecule has 0 aliphatic heterocycles. The summed E-state index contributed by atoms with van der Waals surface area (Å²) in [5.74, 6) is 0.0926. The highest BCUT2D eigenvalue weighted by molar-refractivity contribution is 7.11. The van der Waals surface area contributed by atoms with Crippen LogP contribution in [0.5, 0.6) is 0 Å². The average molecular weight is 425 g/mol. The van der Waals surface area contributed by atoms with E-state index in [0.29, 0.717) is 11.5 Å². The smallest absolute Gasteiger partial charge is 0.263 e. The van der Waals surface area contributed by atoms with Gasteiger partial charge in [0, 0.05) is 5.88 Å². The molecular formula is C20H29ClN2O2SSi. The van der Waals surface area contributed by atoms with Crippen molar-refractivity contribution < 1.29 is 9.22 Å². The summed E-state index contributed by atoms with van der Waals surface area (Å²) in [6, 6.07) is 8.02. The maximum atomic E-state index is 12.6. The third-order valence-corrected chi connectivity index (χ3v) is 11.1. The second-order valence-corrected chi connectivity index (χ2v) is 14.5. The predicted octanol–water partition coefficient (Wildman–Crippen LogP) is 5.55. The molecule has 1 N–H and O–H groups in total. The van der Waals surface area contributed by atoms with Gasteiger partial charge in [-0.2, -0.15) is 0 Å². The largest absolute Gasteiger partial charge is 0.413 e. The first kappa shape index (κ1) is 22.1. The lowest BCUT2D eigenvalue weighted by Gasteiger charge is -2.37. The highest BCUT2D eigenvalue weighted by atomic mass is 35.5. The van der Waals surface area contributed by atoms with Crippen molar-refractivity contribution in [3.05, 3.63) is 52.0 Å². The molecule has 4 nitrogen and oxygen atoms in total. The maximum absolute atomic E-state index is 12.6. The van der Waals surface area contributed by atoms with Gasteiger partial charge in [-0.1, -0.05) is 45.0 Å². The molecule has 1 atom stereocenters. The Kier molecular flexibility index (Phi) is 6.89. The van der Waals surface area contributed by atoms with E-state index < -0.39 is 13.9 Å². The third kappa shape index (κ3) is 5.19. The minimum absolute atomic E-state index is 0.137. The fraction of sp³-hybridized carbons (Fsp3) is 0.500. The first-order chi connectivity index (χ1) is 12.5. The molecule has 27 heavy (non-hydrogen) atoms. The highest BCUT2D eigenvalue weighted by Gasteiger charge is 2.38. The summed E-state index contributed by atoms with van der Waals surface area (Å²) >= 11 is 7.64. The lowest BCUT2D eigenvalue weighted by molar-refractivity contribution is 0.0916. The van der Waals surface area contributed by atoms with Crippen LogP contribution in [-0.2, 0) is 16.6 Å². The number of benzene rings is 1. The van der Waals surface area contributed by atoms with E-state index in [-0.39, 0.29) is 16.8 Å². The molecule has 2 rings (SSSR count). The molecular weight excluding hydrogens is 396 g/mol. The van der Waals surface area contributed by atoms with Gasteiger partial charge in [-0.3, -0.25) is 9.78 Å². The summed E-state index contributed by atoms with van der Waals surface area (Å²) in [5, 5.41) is 3.22. The van der Waals surface area contributed by atoms with Crippen molar-refractivity contribution in [1.82, 2.24) is 10.3 Å². The molecule has 0 bridgehead atoms. The van der Waals surface area contributed by atoms with Gasteiger partial charge in [-0.05, 0) is 36.2 Å². The SMILES string of the molecule is CC(CCl)(NC(=O)c1cncs1)c1ccccc1CO[Si](C)(C)C(C)(C)C. The number of rotatable bonds is 7. The monoisotopic (exact) mass is 424 g/mol. The first-order valence-corrected chi connectivity index (χ1v) is 13.3. The quantitative estimate of drug-likeness (QED) is 0.468. The number of carbonyl (C=O) groups excluding carboxylic acids is 1. The Morgan fingerprint density at radius 3 is 2.48 bits per heavy atom. The fourth-order valence-corrected chi connectivity index (χ4v) is 4.15. The maximum Gasteiger partial charge on any atom is 0.263 e. The van der Waals surface area contributed by atoms with Gasteiger partial charge in [0.1, 0.15) is 4.88 Å². The number of hydrogen-bond donors (Lipinski definition) is 1. The second kappa shape index (κ2) is 8.43. The van der Waals surface area contributed by atoms with Crippen molar-refractivity contribution in [1.29, 1.82) is 0 Å². The Morgan fingerprint density at radius 1 is 1.26 bits per heavy atom. The third-order valence-electron chi connectivity index (χ3n) is 5.32. The zero-order valence-corrected chi connectivity index (χ0v) is 19.5. The lowest BCUT2D eigenvalue weighted by atomic mass is 9.89. The molecule has 1 aromatic heterocycles. The number of alkyl halides is 1. The molecule has 0 aliphatic carbocycles. The summed E-state index contributed by atoms with van der Waals surface area (Å²) < 4.78 is 6.41. The highest BCUT2D eigenvalue weighted by Crippen LogP contribution is 2.37. The molecule has 0 saturated heterocycles. The number of nitrogens with one attached hydrogen (secondary N) is 1. The number of hydrogen-bond acceptors (Lipinski definition) is 4. The van der Waals surface area contributed by atoms with Crippen LogP contribution in [0.25, 0.3) is 0 Å². The Hall–Kier alpha value is -1.21. The van der Waals surface area contributed by atoms with Crippen LogP contribution in [0.2, 0.25) is 18.1 Å². The lowest BCUT2D eigenvalue weighted by Crippen LogP contribution is -2.46. The average Bonchev–Trinajstić information content (AvgIpc) is 3.14. The van der Waals surface area contributed by atoms with Crippen LogP contribution < -0.4 is 5.32 Å². The molecule has 1 aromatic carbocycles. The van der Waals surface area contributed by atoms with Crippen molar-refractivity contribution in [2.24, 2.45) is 0 Å². The molecule has 148 valence electrons. The van der Waals surface area contributed by atoms with Crippen molar-refractivity contribution >= 4 is 37.2 Å². The van der Waals surface area contributed by atoms with Gasteiger partial charge in [0.2, 0.25) is 0 Å². The number of nitrogens with zero attached hydrogens (tertiary/aromatic N) is 1. The molecule has 1 amide bonds. The Morgan fingerprint density at radius 2 is 1.93 bits per heavy atom.